The number of rotatable bonds is 5. The summed E-state index contributed by atoms with van der Waals surface area (Å²) in [6, 6.07) is -0.848. The number of hydrogen-bond acceptors (Lipinski definition) is 5. The summed E-state index contributed by atoms with van der Waals surface area (Å²) in [5.41, 5.74) is 4.91. The molecule has 1 aliphatic heterocycles. The van der Waals surface area contributed by atoms with E-state index in [0.717, 1.165) is 6.26 Å². The Hall–Kier alpha value is -1.15. The maximum Gasteiger partial charge on any atom is 0.309 e. The molecule has 0 radical (unpaired) electrons. The van der Waals surface area contributed by atoms with E-state index < -0.39 is 27.3 Å². The summed E-state index contributed by atoms with van der Waals surface area (Å²) in [6.07, 6.45) is 1.95. The molecule has 116 valence electrons. The minimum Gasteiger partial charge on any atom is -0.481 e. The Balaban J connectivity index is 2.52. The average Bonchev–Trinajstić information content (AvgIpc) is 2.35. The van der Waals surface area contributed by atoms with Gasteiger partial charge in [-0.05, 0) is 26.2 Å². The summed E-state index contributed by atoms with van der Waals surface area (Å²) in [7, 11) is -3.14. The first-order valence-corrected chi connectivity index (χ1v) is 8.57. The summed E-state index contributed by atoms with van der Waals surface area (Å²) >= 11 is 0. The van der Waals surface area contributed by atoms with Gasteiger partial charge in [-0.2, -0.15) is 0 Å². The van der Waals surface area contributed by atoms with Crippen LogP contribution in [0.2, 0.25) is 0 Å². The highest BCUT2D eigenvalue weighted by Gasteiger charge is 2.38. The molecule has 0 spiro atoms. The Kier molecular flexibility index (Phi) is 5.15. The molecule has 0 aromatic rings. The number of likely N-dealkylation sites (tertiary alicyclic amines) is 1. The second-order valence-corrected chi connectivity index (χ2v) is 7.98. The van der Waals surface area contributed by atoms with Gasteiger partial charge in [-0.25, -0.2) is 8.42 Å². The van der Waals surface area contributed by atoms with Crippen LogP contribution in [-0.2, 0) is 19.4 Å². The summed E-state index contributed by atoms with van der Waals surface area (Å²) < 4.78 is 22.1. The van der Waals surface area contributed by atoms with Gasteiger partial charge in [-0.3, -0.25) is 9.59 Å². The molecule has 1 unspecified atom stereocenters. The molecule has 1 saturated heterocycles. The van der Waals surface area contributed by atoms with Crippen molar-refractivity contribution >= 4 is 21.7 Å². The number of piperidine rings is 1. The molecule has 3 N–H and O–H groups in total. The van der Waals surface area contributed by atoms with Gasteiger partial charge in [-0.15, -0.1) is 0 Å². The second-order valence-electron chi connectivity index (χ2n) is 5.72. The van der Waals surface area contributed by atoms with E-state index in [0.29, 0.717) is 25.9 Å². The number of carboxylic acids is 1. The maximum absolute atomic E-state index is 12.1. The summed E-state index contributed by atoms with van der Waals surface area (Å²) in [6.45, 7) is 2.35. The molecule has 7 nitrogen and oxygen atoms in total. The van der Waals surface area contributed by atoms with Crippen LogP contribution in [0.3, 0.4) is 0 Å². The highest BCUT2D eigenvalue weighted by Crippen LogP contribution is 2.31. The van der Waals surface area contributed by atoms with Crippen molar-refractivity contribution in [2.75, 3.05) is 25.1 Å². The lowest BCUT2D eigenvalue weighted by Crippen LogP contribution is -2.50. The zero-order valence-electron chi connectivity index (χ0n) is 11.8. The lowest BCUT2D eigenvalue weighted by atomic mass is 9.80. The molecule has 1 atom stereocenters. The molecule has 0 aliphatic carbocycles. The number of nitrogens with zero attached hydrogens (tertiary/aromatic N) is 1. The highest BCUT2D eigenvalue weighted by atomic mass is 32.2. The van der Waals surface area contributed by atoms with Gasteiger partial charge in [0.05, 0.1) is 17.2 Å². The number of sulfone groups is 1. The van der Waals surface area contributed by atoms with Gasteiger partial charge in [0.15, 0.2) is 0 Å². The number of carbonyl (C=O) groups is 2. The molecule has 1 amide bonds. The van der Waals surface area contributed by atoms with E-state index in [-0.39, 0.29) is 18.1 Å². The normalized spacial score (nSPS) is 20.4. The minimum atomic E-state index is -3.14. The van der Waals surface area contributed by atoms with E-state index in [1.807, 2.05) is 0 Å². The molecule has 0 saturated carbocycles. The smallest absolute Gasteiger partial charge is 0.309 e. The van der Waals surface area contributed by atoms with Crippen molar-refractivity contribution in [3.63, 3.8) is 0 Å². The second kappa shape index (κ2) is 6.09. The van der Waals surface area contributed by atoms with Crippen molar-refractivity contribution in [1.29, 1.82) is 0 Å². The maximum atomic E-state index is 12.1. The zero-order chi connectivity index (χ0) is 15.6. The van der Waals surface area contributed by atoms with Crippen LogP contribution in [0.1, 0.15) is 26.2 Å². The van der Waals surface area contributed by atoms with E-state index in [1.165, 1.54) is 4.90 Å². The van der Waals surface area contributed by atoms with Crippen LogP contribution in [0.4, 0.5) is 0 Å². The molecule has 1 rings (SSSR count). The van der Waals surface area contributed by atoms with Gasteiger partial charge in [0.25, 0.3) is 0 Å². The van der Waals surface area contributed by atoms with Crippen molar-refractivity contribution in [2.24, 2.45) is 11.1 Å². The van der Waals surface area contributed by atoms with Crippen molar-refractivity contribution in [3.05, 3.63) is 0 Å². The van der Waals surface area contributed by atoms with Gasteiger partial charge < -0.3 is 15.7 Å². The topological polar surface area (TPSA) is 118 Å². The Labute approximate surface area is 119 Å². The van der Waals surface area contributed by atoms with Crippen LogP contribution in [0.15, 0.2) is 0 Å². The van der Waals surface area contributed by atoms with E-state index in [9.17, 15) is 18.0 Å². The van der Waals surface area contributed by atoms with Crippen molar-refractivity contribution in [3.8, 4) is 0 Å². The molecular formula is C12H22N2O5S. The third-order valence-electron chi connectivity index (χ3n) is 3.81. The van der Waals surface area contributed by atoms with Gasteiger partial charge in [0, 0.05) is 19.3 Å². The van der Waals surface area contributed by atoms with Crippen LogP contribution in [-0.4, -0.2) is 61.4 Å². The molecule has 0 aromatic heterocycles. The first kappa shape index (κ1) is 16.9. The molecule has 1 heterocycles. The number of aliphatic carboxylic acids is 1. The fourth-order valence-electron chi connectivity index (χ4n) is 2.13. The van der Waals surface area contributed by atoms with E-state index in [1.54, 1.807) is 6.92 Å². The Morgan fingerprint density at radius 1 is 1.35 bits per heavy atom. The molecule has 0 aromatic carbocycles. The molecule has 0 bridgehead atoms. The molecule has 1 aliphatic rings. The fraction of sp³-hybridized carbons (Fsp3) is 0.833. The molecule has 1 fully saturated rings. The molecule has 8 heteroatoms. The van der Waals surface area contributed by atoms with Gasteiger partial charge in [-0.1, -0.05) is 0 Å². The van der Waals surface area contributed by atoms with Gasteiger partial charge in [0.2, 0.25) is 5.91 Å². The lowest BCUT2D eigenvalue weighted by molar-refractivity contribution is -0.153. The zero-order valence-corrected chi connectivity index (χ0v) is 12.6. The standard InChI is InChI=1S/C12H22N2O5S/c1-12(11(16)17)4-6-14(7-5-12)10(15)9(13)3-8-20(2,18)19/h9H,3-8,13H2,1-2H3,(H,16,17). The Bertz CT molecular complexity index is 480. The summed E-state index contributed by atoms with van der Waals surface area (Å²) in [5.74, 6) is -1.28. The largest absolute Gasteiger partial charge is 0.481 e. The van der Waals surface area contributed by atoms with Crippen molar-refractivity contribution in [1.82, 2.24) is 4.90 Å². The van der Waals surface area contributed by atoms with Gasteiger partial charge in [0.1, 0.15) is 9.84 Å². The summed E-state index contributed by atoms with van der Waals surface area (Å²) in [5, 5.41) is 9.11. The number of amides is 1. The van der Waals surface area contributed by atoms with Crippen LogP contribution in [0, 0.1) is 5.41 Å². The van der Waals surface area contributed by atoms with E-state index in [4.69, 9.17) is 10.8 Å². The van der Waals surface area contributed by atoms with E-state index >= 15 is 0 Å². The van der Waals surface area contributed by atoms with Crippen molar-refractivity contribution < 1.29 is 23.1 Å². The lowest BCUT2D eigenvalue weighted by Gasteiger charge is -2.37. The summed E-state index contributed by atoms with van der Waals surface area (Å²) in [4.78, 5) is 24.7. The quantitative estimate of drug-likeness (QED) is 0.704. The average molecular weight is 306 g/mol. The van der Waals surface area contributed by atoms with E-state index in [2.05, 4.69) is 0 Å². The van der Waals surface area contributed by atoms with Crippen LogP contribution < -0.4 is 5.73 Å². The van der Waals surface area contributed by atoms with Crippen molar-refractivity contribution in [2.45, 2.75) is 32.2 Å². The monoisotopic (exact) mass is 306 g/mol. The number of carboxylic acid groups (broad SMARTS) is 1. The first-order chi connectivity index (χ1) is 9.05. The van der Waals surface area contributed by atoms with Crippen LogP contribution in [0.25, 0.3) is 0 Å². The third kappa shape index (κ3) is 4.45. The minimum absolute atomic E-state index is 0.0877. The Morgan fingerprint density at radius 2 is 1.85 bits per heavy atom. The SMILES string of the molecule is CC1(C(=O)O)CCN(C(=O)C(N)CCS(C)(=O)=O)CC1. The van der Waals surface area contributed by atoms with Crippen LogP contribution in [0.5, 0.6) is 0 Å². The van der Waals surface area contributed by atoms with Crippen LogP contribution >= 0.6 is 0 Å². The first-order valence-electron chi connectivity index (χ1n) is 6.51. The molecular weight excluding hydrogens is 284 g/mol. The Morgan fingerprint density at radius 3 is 2.25 bits per heavy atom. The number of carbonyl (C=O) groups excluding carboxylic acids is 1. The predicted molar refractivity (Wildman–Crippen MR) is 73.9 cm³/mol. The molecule has 20 heavy (non-hydrogen) atoms. The highest BCUT2D eigenvalue weighted by molar-refractivity contribution is 7.90. The third-order valence-corrected chi connectivity index (χ3v) is 4.79. The predicted octanol–water partition coefficient (Wildman–Crippen LogP) is -0.538. The number of nitrogens with two attached hydrogens (primary N) is 1. The number of hydrogen-bond donors (Lipinski definition) is 2. The fourth-order valence-corrected chi connectivity index (χ4v) is 2.82. The van der Waals surface area contributed by atoms with Gasteiger partial charge >= 0.3 is 5.97 Å².